The number of carbonyl (C=O) groups is 2. The standard InChI is InChI=1S/C14H26O5/c1-4-7-10-18-13(15)12(17-9-6-3)14(16)19-11-8-5-2/h12H,4-11H2,1-3H3. The number of unbranched alkanes of at least 4 members (excludes halogenated alkanes) is 2. The van der Waals surface area contributed by atoms with Crippen molar-refractivity contribution in [2.45, 2.75) is 59.0 Å². The van der Waals surface area contributed by atoms with E-state index in [1.807, 2.05) is 20.8 Å². The quantitative estimate of drug-likeness (QED) is 0.329. The Hall–Kier alpha value is -1.10. The summed E-state index contributed by atoms with van der Waals surface area (Å²) in [6, 6.07) is 0. The Balaban J connectivity index is 4.25. The number of hydrogen-bond acceptors (Lipinski definition) is 5. The molecule has 0 aliphatic heterocycles. The number of rotatable bonds is 11. The summed E-state index contributed by atoms with van der Waals surface area (Å²) in [5.41, 5.74) is 0. The van der Waals surface area contributed by atoms with Gasteiger partial charge in [0, 0.05) is 6.61 Å². The van der Waals surface area contributed by atoms with E-state index in [-0.39, 0.29) is 0 Å². The van der Waals surface area contributed by atoms with Crippen molar-refractivity contribution in [3.05, 3.63) is 0 Å². The van der Waals surface area contributed by atoms with Gasteiger partial charge in [-0.2, -0.15) is 0 Å². The van der Waals surface area contributed by atoms with E-state index in [1.54, 1.807) is 0 Å². The van der Waals surface area contributed by atoms with Crippen LogP contribution in [0.1, 0.15) is 52.9 Å². The molecule has 0 fully saturated rings. The molecule has 0 amide bonds. The maximum atomic E-state index is 11.8. The second kappa shape index (κ2) is 12.0. The van der Waals surface area contributed by atoms with Crippen LogP contribution in [0.4, 0.5) is 0 Å². The SMILES string of the molecule is CCCCOC(=O)C(OCCC)C(=O)OCCCC. The van der Waals surface area contributed by atoms with Gasteiger partial charge in [-0.1, -0.05) is 33.6 Å². The molecule has 0 aromatic rings. The normalized spacial score (nSPS) is 10.5. The van der Waals surface area contributed by atoms with Crippen LogP contribution >= 0.6 is 0 Å². The van der Waals surface area contributed by atoms with Crippen LogP contribution in [0.5, 0.6) is 0 Å². The maximum Gasteiger partial charge on any atom is 0.347 e. The molecule has 0 aliphatic carbocycles. The monoisotopic (exact) mass is 274 g/mol. The second-order valence-corrected chi connectivity index (χ2v) is 4.29. The van der Waals surface area contributed by atoms with Crippen LogP contribution in [-0.2, 0) is 23.8 Å². The molecule has 0 aromatic heterocycles. The number of hydrogen-bond donors (Lipinski definition) is 0. The van der Waals surface area contributed by atoms with Crippen LogP contribution in [0.15, 0.2) is 0 Å². The van der Waals surface area contributed by atoms with E-state index in [0.717, 1.165) is 32.1 Å². The van der Waals surface area contributed by atoms with E-state index >= 15 is 0 Å². The molecule has 0 bridgehead atoms. The zero-order valence-corrected chi connectivity index (χ0v) is 12.3. The lowest BCUT2D eigenvalue weighted by Crippen LogP contribution is -2.36. The summed E-state index contributed by atoms with van der Waals surface area (Å²) < 4.78 is 15.2. The molecule has 0 radical (unpaired) electrons. The van der Waals surface area contributed by atoms with Crippen LogP contribution in [0, 0.1) is 0 Å². The third kappa shape index (κ3) is 8.59. The highest BCUT2D eigenvalue weighted by molar-refractivity contribution is 5.98. The first-order valence-electron chi connectivity index (χ1n) is 7.12. The predicted molar refractivity (Wildman–Crippen MR) is 71.8 cm³/mol. The number of carbonyl (C=O) groups excluding carboxylic acids is 2. The topological polar surface area (TPSA) is 61.8 Å². The zero-order chi connectivity index (χ0) is 14.5. The largest absolute Gasteiger partial charge is 0.463 e. The molecule has 0 rings (SSSR count). The summed E-state index contributed by atoms with van der Waals surface area (Å²) in [5, 5.41) is 0. The molecule has 0 spiro atoms. The van der Waals surface area contributed by atoms with Gasteiger partial charge in [0.2, 0.25) is 0 Å². The summed E-state index contributed by atoms with van der Waals surface area (Å²) in [6.45, 7) is 6.85. The molecule has 19 heavy (non-hydrogen) atoms. The molecule has 0 unspecified atom stereocenters. The van der Waals surface area contributed by atoms with Gasteiger partial charge < -0.3 is 14.2 Å². The van der Waals surface area contributed by atoms with E-state index in [2.05, 4.69) is 0 Å². The lowest BCUT2D eigenvalue weighted by molar-refractivity contribution is -0.173. The van der Waals surface area contributed by atoms with Gasteiger partial charge in [-0.05, 0) is 19.3 Å². The molecular formula is C14H26O5. The lowest BCUT2D eigenvalue weighted by Gasteiger charge is -2.15. The van der Waals surface area contributed by atoms with E-state index in [4.69, 9.17) is 14.2 Å². The van der Waals surface area contributed by atoms with Crippen LogP contribution < -0.4 is 0 Å². The van der Waals surface area contributed by atoms with Crippen LogP contribution in [0.2, 0.25) is 0 Å². The van der Waals surface area contributed by atoms with Gasteiger partial charge in [-0.15, -0.1) is 0 Å². The van der Waals surface area contributed by atoms with E-state index in [0.29, 0.717) is 19.8 Å². The summed E-state index contributed by atoms with van der Waals surface area (Å²) in [7, 11) is 0. The Morgan fingerprint density at radius 3 is 1.63 bits per heavy atom. The first kappa shape index (κ1) is 17.9. The highest BCUT2D eigenvalue weighted by atomic mass is 16.6. The molecule has 0 atom stereocenters. The fourth-order valence-electron chi connectivity index (χ4n) is 1.25. The first-order chi connectivity index (χ1) is 9.17. The molecule has 112 valence electrons. The van der Waals surface area contributed by atoms with Crippen molar-refractivity contribution in [1.29, 1.82) is 0 Å². The molecule has 5 nitrogen and oxygen atoms in total. The number of esters is 2. The molecule has 5 heteroatoms. The van der Waals surface area contributed by atoms with E-state index < -0.39 is 18.0 Å². The Labute approximate surface area is 115 Å². The molecule has 0 aliphatic rings. The third-order valence-electron chi connectivity index (χ3n) is 2.40. The van der Waals surface area contributed by atoms with Crippen LogP contribution in [0.25, 0.3) is 0 Å². The van der Waals surface area contributed by atoms with E-state index in [1.165, 1.54) is 0 Å². The maximum absolute atomic E-state index is 11.8. The molecule has 0 saturated heterocycles. The predicted octanol–water partition coefficient (Wildman–Crippen LogP) is 2.47. The zero-order valence-electron chi connectivity index (χ0n) is 12.3. The van der Waals surface area contributed by atoms with Gasteiger partial charge >= 0.3 is 11.9 Å². The minimum Gasteiger partial charge on any atom is -0.463 e. The Morgan fingerprint density at radius 1 is 0.789 bits per heavy atom. The van der Waals surface area contributed by atoms with Gasteiger partial charge in [-0.25, -0.2) is 9.59 Å². The lowest BCUT2D eigenvalue weighted by atomic mass is 10.3. The first-order valence-corrected chi connectivity index (χ1v) is 7.12. The third-order valence-corrected chi connectivity index (χ3v) is 2.40. The van der Waals surface area contributed by atoms with Crippen molar-refractivity contribution in [2.24, 2.45) is 0 Å². The second-order valence-electron chi connectivity index (χ2n) is 4.29. The average molecular weight is 274 g/mol. The highest BCUT2D eigenvalue weighted by Crippen LogP contribution is 2.03. The minimum atomic E-state index is -1.24. The van der Waals surface area contributed by atoms with Gasteiger partial charge in [0.1, 0.15) is 0 Å². The summed E-state index contributed by atoms with van der Waals surface area (Å²) in [6.07, 6.45) is 2.88. The number of ether oxygens (including phenoxy) is 3. The molecule has 0 aromatic carbocycles. The van der Waals surface area contributed by atoms with Crippen molar-refractivity contribution in [3.8, 4) is 0 Å². The van der Waals surface area contributed by atoms with Gasteiger partial charge in [0.05, 0.1) is 13.2 Å². The molecular weight excluding hydrogens is 248 g/mol. The Bertz CT molecular complexity index is 230. The van der Waals surface area contributed by atoms with Crippen molar-refractivity contribution < 1.29 is 23.8 Å². The highest BCUT2D eigenvalue weighted by Gasteiger charge is 2.30. The summed E-state index contributed by atoms with van der Waals surface area (Å²) >= 11 is 0. The molecule has 0 saturated carbocycles. The van der Waals surface area contributed by atoms with Crippen molar-refractivity contribution in [3.63, 3.8) is 0 Å². The average Bonchev–Trinajstić information content (AvgIpc) is 2.40. The van der Waals surface area contributed by atoms with Gasteiger partial charge in [0.25, 0.3) is 6.10 Å². The van der Waals surface area contributed by atoms with Crippen molar-refractivity contribution >= 4 is 11.9 Å². The summed E-state index contributed by atoms with van der Waals surface area (Å²) in [4.78, 5) is 23.5. The van der Waals surface area contributed by atoms with Crippen LogP contribution in [0.3, 0.4) is 0 Å². The minimum absolute atomic E-state index is 0.309. The smallest absolute Gasteiger partial charge is 0.347 e. The van der Waals surface area contributed by atoms with Gasteiger partial charge in [-0.3, -0.25) is 0 Å². The summed E-state index contributed by atoms with van der Waals surface area (Å²) in [5.74, 6) is -1.30. The van der Waals surface area contributed by atoms with Crippen molar-refractivity contribution in [2.75, 3.05) is 19.8 Å². The fourth-order valence-corrected chi connectivity index (χ4v) is 1.25. The molecule has 0 heterocycles. The molecule has 0 N–H and O–H groups in total. The fraction of sp³-hybridized carbons (Fsp3) is 0.857. The van der Waals surface area contributed by atoms with Crippen LogP contribution in [-0.4, -0.2) is 37.9 Å². The van der Waals surface area contributed by atoms with E-state index in [9.17, 15) is 9.59 Å². The van der Waals surface area contributed by atoms with Crippen molar-refractivity contribution in [1.82, 2.24) is 0 Å². The van der Waals surface area contributed by atoms with Gasteiger partial charge in [0.15, 0.2) is 0 Å². The Morgan fingerprint density at radius 2 is 1.26 bits per heavy atom. The Kier molecular flexibility index (Phi) is 11.3.